The second kappa shape index (κ2) is 4.62. The Morgan fingerprint density at radius 2 is 1.94 bits per heavy atom. The van der Waals surface area contributed by atoms with Crippen LogP contribution in [0.2, 0.25) is 0 Å². The third-order valence-corrected chi connectivity index (χ3v) is 4.74. The molecule has 0 amide bonds. The van der Waals surface area contributed by atoms with Gasteiger partial charge in [-0.25, -0.2) is 13.1 Å². The number of benzene rings is 1. The minimum absolute atomic E-state index is 0.138. The first-order valence-corrected chi connectivity index (χ1v) is 7.57. The van der Waals surface area contributed by atoms with Crippen molar-refractivity contribution < 1.29 is 13.2 Å². The lowest BCUT2D eigenvalue weighted by molar-refractivity contribution is 0.189. The molecule has 2 aliphatic rings. The average molecular weight is 268 g/mol. The van der Waals surface area contributed by atoms with E-state index in [2.05, 4.69) is 10.0 Å². The fourth-order valence-corrected chi connectivity index (χ4v) is 3.28. The topological polar surface area (TPSA) is 67.4 Å². The Hall–Kier alpha value is -0.950. The van der Waals surface area contributed by atoms with Crippen molar-refractivity contribution in [3.8, 4) is 0 Å². The number of hydrogen-bond acceptors (Lipinski definition) is 4. The van der Waals surface area contributed by atoms with Crippen LogP contribution in [0.5, 0.6) is 0 Å². The lowest BCUT2D eigenvalue weighted by Crippen LogP contribution is -2.25. The summed E-state index contributed by atoms with van der Waals surface area (Å²) in [7, 11) is -3.34. The molecule has 1 heterocycles. The Balaban J connectivity index is 1.77. The first-order chi connectivity index (χ1) is 8.65. The molecule has 18 heavy (non-hydrogen) atoms. The van der Waals surface area contributed by atoms with E-state index in [1.807, 2.05) is 12.1 Å². The maximum absolute atomic E-state index is 12.0. The Kier molecular flexibility index (Phi) is 3.11. The molecular weight excluding hydrogens is 252 g/mol. The van der Waals surface area contributed by atoms with E-state index in [1.165, 1.54) is 0 Å². The SMILES string of the molecule is O=S(=O)(NC1CC1)c1ccc([C@@H]2COCN2)cc1. The van der Waals surface area contributed by atoms with Gasteiger partial charge in [0.1, 0.15) is 0 Å². The molecule has 1 saturated carbocycles. The molecule has 6 heteroatoms. The van der Waals surface area contributed by atoms with Crippen molar-refractivity contribution in [2.24, 2.45) is 0 Å². The Morgan fingerprint density at radius 1 is 1.22 bits per heavy atom. The summed E-state index contributed by atoms with van der Waals surface area (Å²) in [6.07, 6.45) is 1.89. The first-order valence-electron chi connectivity index (χ1n) is 6.08. The second-order valence-electron chi connectivity index (χ2n) is 4.74. The van der Waals surface area contributed by atoms with Gasteiger partial charge in [0.25, 0.3) is 0 Å². The first kappa shape index (κ1) is 12.1. The lowest BCUT2D eigenvalue weighted by atomic mass is 10.1. The normalized spacial score (nSPS) is 24.3. The van der Waals surface area contributed by atoms with Crippen molar-refractivity contribution in [2.45, 2.75) is 29.8 Å². The van der Waals surface area contributed by atoms with E-state index >= 15 is 0 Å². The van der Waals surface area contributed by atoms with Gasteiger partial charge in [-0.1, -0.05) is 12.1 Å². The lowest BCUT2D eigenvalue weighted by Gasteiger charge is -2.10. The summed E-state index contributed by atoms with van der Waals surface area (Å²) in [6, 6.07) is 7.29. The Morgan fingerprint density at radius 3 is 2.50 bits per heavy atom. The molecule has 1 aliphatic heterocycles. The molecular formula is C12H16N2O3S. The summed E-state index contributed by atoms with van der Waals surface area (Å²) < 4.78 is 31.8. The van der Waals surface area contributed by atoms with Crippen LogP contribution < -0.4 is 10.0 Å². The van der Waals surface area contributed by atoms with E-state index in [-0.39, 0.29) is 12.1 Å². The molecule has 5 nitrogen and oxygen atoms in total. The minimum Gasteiger partial charge on any atom is -0.364 e. The standard InChI is InChI=1S/C12H16N2O3S/c15-18(16,14-10-3-4-10)11-5-1-9(2-6-11)12-7-17-8-13-12/h1-2,5-6,10,12-14H,3-4,7-8H2/t12-/m0/s1. The third-order valence-electron chi connectivity index (χ3n) is 3.21. The van der Waals surface area contributed by atoms with Crippen molar-refractivity contribution in [2.75, 3.05) is 13.3 Å². The molecule has 3 rings (SSSR count). The molecule has 0 unspecified atom stereocenters. The number of rotatable bonds is 4. The maximum atomic E-state index is 12.0. The smallest absolute Gasteiger partial charge is 0.240 e. The van der Waals surface area contributed by atoms with E-state index in [0.29, 0.717) is 18.2 Å². The number of hydrogen-bond donors (Lipinski definition) is 2. The van der Waals surface area contributed by atoms with Gasteiger partial charge in [-0.2, -0.15) is 0 Å². The minimum atomic E-state index is -3.34. The summed E-state index contributed by atoms with van der Waals surface area (Å²) in [5.74, 6) is 0. The fourth-order valence-electron chi connectivity index (χ4n) is 1.98. The highest BCUT2D eigenvalue weighted by molar-refractivity contribution is 7.89. The molecule has 1 saturated heterocycles. The van der Waals surface area contributed by atoms with Crippen LogP contribution in [0.4, 0.5) is 0 Å². The predicted octanol–water partition coefficient (Wildman–Crippen LogP) is 0.746. The highest BCUT2D eigenvalue weighted by Crippen LogP contribution is 2.23. The van der Waals surface area contributed by atoms with Crippen LogP contribution in [0.15, 0.2) is 29.2 Å². The van der Waals surface area contributed by atoms with Crippen LogP contribution in [-0.2, 0) is 14.8 Å². The second-order valence-corrected chi connectivity index (χ2v) is 6.45. The van der Waals surface area contributed by atoms with Crippen LogP contribution >= 0.6 is 0 Å². The van der Waals surface area contributed by atoms with Crippen molar-refractivity contribution in [3.05, 3.63) is 29.8 Å². The largest absolute Gasteiger partial charge is 0.364 e. The van der Waals surface area contributed by atoms with Gasteiger partial charge in [-0.15, -0.1) is 0 Å². The van der Waals surface area contributed by atoms with Crippen molar-refractivity contribution >= 4 is 10.0 Å². The molecule has 0 aromatic heterocycles. The van der Waals surface area contributed by atoms with Gasteiger partial charge in [0, 0.05) is 6.04 Å². The van der Waals surface area contributed by atoms with E-state index in [9.17, 15) is 8.42 Å². The van der Waals surface area contributed by atoms with Gasteiger partial charge in [-0.3, -0.25) is 5.32 Å². The van der Waals surface area contributed by atoms with Crippen LogP contribution in [0.25, 0.3) is 0 Å². The highest BCUT2D eigenvalue weighted by Gasteiger charge is 2.28. The zero-order chi connectivity index (χ0) is 12.6. The van der Waals surface area contributed by atoms with Gasteiger partial charge < -0.3 is 4.74 Å². The summed E-state index contributed by atoms with van der Waals surface area (Å²) in [4.78, 5) is 0.331. The average Bonchev–Trinajstić information content (AvgIpc) is 2.99. The number of ether oxygens (including phenoxy) is 1. The molecule has 0 radical (unpaired) electrons. The van der Waals surface area contributed by atoms with Gasteiger partial charge in [0.2, 0.25) is 10.0 Å². The Labute approximate surface area is 107 Å². The third kappa shape index (κ3) is 2.56. The van der Waals surface area contributed by atoms with Gasteiger partial charge in [0.15, 0.2) is 0 Å². The Bertz CT molecular complexity index is 517. The van der Waals surface area contributed by atoms with Crippen molar-refractivity contribution in [1.29, 1.82) is 0 Å². The molecule has 0 spiro atoms. The number of nitrogens with one attached hydrogen (secondary N) is 2. The molecule has 2 N–H and O–H groups in total. The molecule has 1 aromatic rings. The van der Waals surface area contributed by atoms with Gasteiger partial charge in [-0.05, 0) is 30.5 Å². The summed E-state index contributed by atoms with van der Waals surface area (Å²) in [5.41, 5.74) is 1.05. The molecule has 1 aromatic carbocycles. The maximum Gasteiger partial charge on any atom is 0.240 e. The van der Waals surface area contributed by atoms with Crippen molar-refractivity contribution in [1.82, 2.24) is 10.0 Å². The molecule has 2 fully saturated rings. The zero-order valence-electron chi connectivity index (χ0n) is 9.93. The summed E-state index contributed by atoms with van der Waals surface area (Å²) in [6.45, 7) is 1.18. The van der Waals surface area contributed by atoms with Crippen LogP contribution in [0.1, 0.15) is 24.4 Å². The quantitative estimate of drug-likeness (QED) is 0.845. The van der Waals surface area contributed by atoms with E-state index in [0.717, 1.165) is 18.4 Å². The monoisotopic (exact) mass is 268 g/mol. The zero-order valence-corrected chi connectivity index (χ0v) is 10.7. The van der Waals surface area contributed by atoms with Crippen LogP contribution in [0.3, 0.4) is 0 Å². The van der Waals surface area contributed by atoms with E-state index in [4.69, 9.17) is 4.74 Å². The summed E-state index contributed by atoms with van der Waals surface area (Å²) >= 11 is 0. The molecule has 98 valence electrons. The van der Waals surface area contributed by atoms with Crippen LogP contribution in [0, 0.1) is 0 Å². The summed E-state index contributed by atoms with van der Waals surface area (Å²) in [5, 5.41) is 3.19. The molecule has 1 aliphatic carbocycles. The predicted molar refractivity (Wildman–Crippen MR) is 66.5 cm³/mol. The fraction of sp³-hybridized carbons (Fsp3) is 0.500. The van der Waals surface area contributed by atoms with Gasteiger partial charge >= 0.3 is 0 Å². The highest BCUT2D eigenvalue weighted by atomic mass is 32.2. The molecule has 0 bridgehead atoms. The van der Waals surface area contributed by atoms with Gasteiger partial charge in [0.05, 0.1) is 24.3 Å². The van der Waals surface area contributed by atoms with E-state index in [1.54, 1.807) is 12.1 Å². The van der Waals surface area contributed by atoms with E-state index < -0.39 is 10.0 Å². The molecule has 1 atom stereocenters. The van der Waals surface area contributed by atoms with Crippen molar-refractivity contribution in [3.63, 3.8) is 0 Å². The number of sulfonamides is 1. The van der Waals surface area contributed by atoms with Crippen LogP contribution in [-0.4, -0.2) is 27.8 Å².